The van der Waals surface area contributed by atoms with Crippen molar-refractivity contribution in [2.75, 3.05) is 12.0 Å². The van der Waals surface area contributed by atoms with Crippen LogP contribution in [0.15, 0.2) is 4.52 Å². The third-order valence-electron chi connectivity index (χ3n) is 4.35. The Balaban J connectivity index is 1.86. The van der Waals surface area contributed by atoms with Gasteiger partial charge < -0.3 is 9.42 Å². The highest BCUT2D eigenvalue weighted by Gasteiger charge is 2.39. The SMILES string of the molecule is CC(CS(C)(=O)=O)N(C(=O)c1noc2c1CCCC2)C1CC1. The van der Waals surface area contributed by atoms with Crippen LogP contribution in [0.4, 0.5) is 0 Å². The zero-order chi connectivity index (χ0) is 15.9. The van der Waals surface area contributed by atoms with Crippen LogP contribution in [0.25, 0.3) is 0 Å². The molecule has 2 aliphatic carbocycles. The fourth-order valence-corrected chi connectivity index (χ4v) is 4.31. The van der Waals surface area contributed by atoms with E-state index in [0.717, 1.165) is 49.8 Å². The molecule has 6 nitrogen and oxygen atoms in total. The Labute approximate surface area is 130 Å². The zero-order valence-electron chi connectivity index (χ0n) is 13.0. The number of carbonyl (C=O) groups excluding carboxylic acids is 1. The molecule has 1 saturated carbocycles. The molecule has 0 aromatic carbocycles. The van der Waals surface area contributed by atoms with Crippen LogP contribution in [0, 0.1) is 0 Å². The maximum absolute atomic E-state index is 12.9. The lowest BCUT2D eigenvalue weighted by molar-refractivity contribution is 0.0681. The van der Waals surface area contributed by atoms with E-state index in [-0.39, 0.29) is 23.7 Å². The lowest BCUT2D eigenvalue weighted by Gasteiger charge is -2.28. The summed E-state index contributed by atoms with van der Waals surface area (Å²) in [5.74, 6) is 0.626. The van der Waals surface area contributed by atoms with Crippen molar-refractivity contribution >= 4 is 15.7 Å². The molecule has 1 amide bonds. The van der Waals surface area contributed by atoms with Gasteiger partial charge in [0, 0.05) is 30.3 Å². The minimum Gasteiger partial charge on any atom is -0.360 e. The van der Waals surface area contributed by atoms with Crippen LogP contribution < -0.4 is 0 Å². The molecule has 0 bridgehead atoms. The summed E-state index contributed by atoms with van der Waals surface area (Å²) in [5, 5.41) is 3.99. The molecule has 3 rings (SSSR count). The van der Waals surface area contributed by atoms with E-state index in [9.17, 15) is 13.2 Å². The molecule has 1 atom stereocenters. The third-order valence-corrected chi connectivity index (χ3v) is 5.43. The molecular weight excluding hydrogens is 304 g/mol. The average Bonchev–Trinajstić information content (AvgIpc) is 3.15. The largest absolute Gasteiger partial charge is 0.360 e. The van der Waals surface area contributed by atoms with Crippen LogP contribution in [-0.4, -0.2) is 48.5 Å². The number of aromatic nitrogens is 1. The first-order chi connectivity index (χ1) is 10.4. The van der Waals surface area contributed by atoms with Gasteiger partial charge in [-0.2, -0.15) is 0 Å². The average molecular weight is 326 g/mol. The molecule has 22 heavy (non-hydrogen) atoms. The summed E-state index contributed by atoms with van der Waals surface area (Å²) >= 11 is 0. The Bertz CT molecular complexity index is 676. The summed E-state index contributed by atoms with van der Waals surface area (Å²) in [5.41, 5.74) is 1.32. The third kappa shape index (κ3) is 3.19. The molecule has 0 saturated heterocycles. The van der Waals surface area contributed by atoms with E-state index in [4.69, 9.17) is 4.52 Å². The molecule has 1 aromatic rings. The fourth-order valence-electron chi connectivity index (χ4n) is 3.27. The number of rotatable bonds is 5. The number of hydrogen-bond donors (Lipinski definition) is 0. The van der Waals surface area contributed by atoms with Gasteiger partial charge >= 0.3 is 0 Å². The van der Waals surface area contributed by atoms with Gasteiger partial charge in [0.25, 0.3) is 5.91 Å². The second-order valence-corrected chi connectivity index (χ2v) is 8.71. The number of aryl methyl sites for hydroxylation is 1. The first kappa shape index (κ1) is 15.5. The number of amides is 1. The molecule has 0 aliphatic heterocycles. The molecule has 2 aliphatic rings. The van der Waals surface area contributed by atoms with Gasteiger partial charge in [0.05, 0.1) is 5.75 Å². The molecular formula is C15H22N2O4S. The van der Waals surface area contributed by atoms with Crippen molar-refractivity contribution in [2.24, 2.45) is 0 Å². The number of carbonyl (C=O) groups is 1. The zero-order valence-corrected chi connectivity index (χ0v) is 13.9. The summed E-state index contributed by atoms with van der Waals surface area (Å²) in [6, 6.07) is -0.203. The van der Waals surface area contributed by atoms with E-state index in [1.165, 1.54) is 6.26 Å². The predicted molar refractivity (Wildman–Crippen MR) is 81.5 cm³/mol. The molecule has 0 radical (unpaired) electrons. The van der Waals surface area contributed by atoms with Crippen LogP contribution in [0.3, 0.4) is 0 Å². The number of sulfone groups is 1. The fraction of sp³-hybridized carbons (Fsp3) is 0.733. The van der Waals surface area contributed by atoms with Gasteiger partial charge in [-0.25, -0.2) is 8.42 Å². The Hall–Kier alpha value is -1.37. The van der Waals surface area contributed by atoms with E-state index < -0.39 is 9.84 Å². The summed E-state index contributed by atoms with van der Waals surface area (Å²) in [6.45, 7) is 1.80. The van der Waals surface area contributed by atoms with Gasteiger partial charge in [-0.05, 0) is 39.0 Å². The molecule has 0 spiro atoms. The maximum Gasteiger partial charge on any atom is 0.276 e. The van der Waals surface area contributed by atoms with E-state index >= 15 is 0 Å². The Kier molecular flexibility index (Phi) is 4.01. The van der Waals surface area contributed by atoms with E-state index in [0.29, 0.717) is 5.69 Å². The first-order valence-electron chi connectivity index (χ1n) is 7.84. The van der Waals surface area contributed by atoms with Crippen LogP contribution >= 0.6 is 0 Å². The smallest absolute Gasteiger partial charge is 0.276 e. The van der Waals surface area contributed by atoms with Crippen LogP contribution in [0.1, 0.15) is 54.4 Å². The van der Waals surface area contributed by atoms with Crippen molar-refractivity contribution in [1.29, 1.82) is 0 Å². The summed E-state index contributed by atoms with van der Waals surface area (Å²) in [6.07, 6.45) is 6.82. The van der Waals surface area contributed by atoms with Crippen molar-refractivity contribution in [2.45, 2.75) is 57.5 Å². The molecule has 122 valence electrons. The molecule has 0 N–H and O–H groups in total. The van der Waals surface area contributed by atoms with Crippen molar-refractivity contribution in [3.05, 3.63) is 17.0 Å². The van der Waals surface area contributed by atoms with Crippen LogP contribution in [0.2, 0.25) is 0 Å². The number of fused-ring (bicyclic) bond motifs is 1. The Morgan fingerprint density at radius 1 is 1.36 bits per heavy atom. The highest BCUT2D eigenvalue weighted by atomic mass is 32.2. The molecule has 7 heteroatoms. The number of hydrogen-bond acceptors (Lipinski definition) is 5. The Morgan fingerprint density at radius 3 is 2.68 bits per heavy atom. The van der Waals surface area contributed by atoms with Gasteiger partial charge in [0.15, 0.2) is 5.69 Å². The van der Waals surface area contributed by atoms with Crippen molar-refractivity contribution < 1.29 is 17.7 Å². The topological polar surface area (TPSA) is 80.5 Å². The van der Waals surface area contributed by atoms with Crippen molar-refractivity contribution in [3.8, 4) is 0 Å². The summed E-state index contributed by atoms with van der Waals surface area (Å²) < 4.78 is 28.4. The highest BCUT2D eigenvalue weighted by molar-refractivity contribution is 7.90. The maximum atomic E-state index is 12.9. The summed E-state index contributed by atoms with van der Waals surface area (Å²) in [4.78, 5) is 14.6. The van der Waals surface area contributed by atoms with Gasteiger partial charge in [0.2, 0.25) is 0 Å². The van der Waals surface area contributed by atoms with Gasteiger partial charge in [-0.3, -0.25) is 4.79 Å². The predicted octanol–water partition coefficient (Wildman–Crippen LogP) is 1.59. The van der Waals surface area contributed by atoms with Crippen LogP contribution in [-0.2, 0) is 22.7 Å². The Morgan fingerprint density at radius 2 is 2.05 bits per heavy atom. The molecule has 1 fully saturated rings. The van der Waals surface area contributed by atoms with Crippen molar-refractivity contribution in [3.63, 3.8) is 0 Å². The monoisotopic (exact) mass is 326 g/mol. The van der Waals surface area contributed by atoms with Gasteiger partial charge in [0.1, 0.15) is 15.6 Å². The van der Waals surface area contributed by atoms with E-state index in [2.05, 4.69) is 5.16 Å². The van der Waals surface area contributed by atoms with Gasteiger partial charge in [-0.15, -0.1) is 0 Å². The lowest BCUT2D eigenvalue weighted by atomic mass is 9.96. The molecule has 1 unspecified atom stereocenters. The quantitative estimate of drug-likeness (QED) is 0.821. The molecule has 1 aromatic heterocycles. The highest BCUT2D eigenvalue weighted by Crippen LogP contribution is 2.32. The first-order valence-corrected chi connectivity index (χ1v) is 9.90. The molecule has 1 heterocycles. The van der Waals surface area contributed by atoms with E-state index in [1.54, 1.807) is 11.8 Å². The van der Waals surface area contributed by atoms with E-state index in [1.807, 2.05) is 0 Å². The standard InChI is InChI=1S/C15H22N2O4S/c1-10(9-22(2,19)20)17(11-7-8-11)15(18)14-12-5-3-4-6-13(12)21-16-14/h10-11H,3-9H2,1-2H3. The minimum absolute atomic E-state index is 0.0186. The summed E-state index contributed by atoms with van der Waals surface area (Å²) in [7, 11) is -3.13. The second kappa shape index (κ2) is 5.68. The second-order valence-electron chi connectivity index (χ2n) is 6.53. The van der Waals surface area contributed by atoms with Crippen molar-refractivity contribution in [1.82, 2.24) is 10.1 Å². The van der Waals surface area contributed by atoms with Crippen LogP contribution in [0.5, 0.6) is 0 Å². The number of nitrogens with zero attached hydrogens (tertiary/aromatic N) is 2. The minimum atomic E-state index is -3.13. The lowest BCUT2D eigenvalue weighted by Crippen LogP contribution is -2.44. The normalized spacial score (nSPS) is 19.5. The van der Waals surface area contributed by atoms with Gasteiger partial charge in [-0.1, -0.05) is 5.16 Å².